The number of benzene rings is 2. The fourth-order valence-electron chi connectivity index (χ4n) is 1.82. The Morgan fingerprint density at radius 1 is 1.00 bits per heavy atom. The molecule has 0 saturated heterocycles. The maximum atomic E-state index is 11.0. The second kappa shape index (κ2) is 6.71. The topological polar surface area (TPSA) is 26.3 Å². The average Bonchev–Trinajstić information content (AvgIpc) is 2.46. The van der Waals surface area contributed by atoms with Crippen LogP contribution < -0.4 is 4.74 Å². The van der Waals surface area contributed by atoms with E-state index in [1.807, 2.05) is 74.5 Å². The van der Waals surface area contributed by atoms with Crippen LogP contribution in [0.4, 0.5) is 0 Å². The second-order valence-electron chi connectivity index (χ2n) is 4.90. The van der Waals surface area contributed by atoms with Crippen LogP contribution >= 0.6 is 0 Å². The first kappa shape index (κ1) is 14.1. The molecule has 0 amide bonds. The molecule has 102 valence electrons. The van der Waals surface area contributed by atoms with E-state index in [-0.39, 0.29) is 5.92 Å². The van der Waals surface area contributed by atoms with E-state index in [1.165, 1.54) is 0 Å². The predicted octanol–water partition coefficient (Wildman–Crippen LogP) is 4.72. The van der Waals surface area contributed by atoms with Gasteiger partial charge in [-0.2, -0.15) is 0 Å². The number of carbonyl (C=O) groups excluding carboxylic acids is 1. The summed E-state index contributed by atoms with van der Waals surface area (Å²) in [6.45, 7) is 4.01. The lowest BCUT2D eigenvalue weighted by Gasteiger charge is -2.07. The molecule has 2 rings (SSSR count). The maximum absolute atomic E-state index is 11.0. The zero-order chi connectivity index (χ0) is 14.4. The van der Waals surface area contributed by atoms with Crippen LogP contribution in [0.2, 0.25) is 0 Å². The van der Waals surface area contributed by atoms with Crippen molar-refractivity contribution in [3.8, 4) is 11.5 Å². The summed E-state index contributed by atoms with van der Waals surface area (Å²) in [5, 5.41) is 0. The highest BCUT2D eigenvalue weighted by Crippen LogP contribution is 2.23. The van der Waals surface area contributed by atoms with Gasteiger partial charge in [0.25, 0.3) is 0 Å². The Kier molecular flexibility index (Phi) is 4.72. The normalized spacial score (nSPS) is 11.4. The quantitative estimate of drug-likeness (QED) is 0.578. The number of rotatable bonds is 5. The van der Waals surface area contributed by atoms with Gasteiger partial charge >= 0.3 is 0 Å². The van der Waals surface area contributed by atoms with Gasteiger partial charge in [-0.1, -0.05) is 44.2 Å². The fraction of sp³-hybridized carbons (Fsp3) is 0.167. The first-order valence-corrected chi connectivity index (χ1v) is 6.69. The molecule has 0 unspecified atom stereocenters. The van der Waals surface area contributed by atoms with Crippen molar-refractivity contribution in [3.63, 3.8) is 0 Å². The molecule has 0 spiro atoms. The predicted molar refractivity (Wildman–Crippen MR) is 81.8 cm³/mol. The lowest BCUT2D eigenvalue weighted by molar-refractivity contribution is -0.105. The third kappa shape index (κ3) is 3.82. The third-order valence-electron chi connectivity index (χ3n) is 2.97. The zero-order valence-electron chi connectivity index (χ0n) is 11.7. The van der Waals surface area contributed by atoms with E-state index in [1.54, 1.807) is 0 Å². The Balaban J connectivity index is 2.22. The Labute approximate surface area is 119 Å². The van der Waals surface area contributed by atoms with Crippen molar-refractivity contribution in [3.05, 3.63) is 65.7 Å². The molecule has 2 aromatic carbocycles. The molecule has 0 aliphatic carbocycles. The minimum absolute atomic E-state index is 0.214. The van der Waals surface area contributed by atoms with E-state index in [9.17, 15) is 4.79 Å². The molecule has 0 aliphatic rings. The molecule has 0 atom stereocenters. The van der Waals surface area contributed by atoms with E-state index in [0.29, 0.717) is 0 Å². The molecule has 0 N–H and O–H groups in total. The number of hydrogen-bond donors (Lipinski definition) is 0. The molecular weight excluding hydrogens is 248 g/mol. The summed E-state index contributed by atoms with van der Waals surface area (Å²) >= 11 is 0. The lowest BCUT2D eigenvalue weighted by Crippen LogP contribution is -1.94. The van der Waals surface area contributed by atoms with Gasteiger partial charge in [-0.15, -0.1) is 0 Å². The summed E-state index contributed by atoms with van der Waals surface area (Å²) in [4.78, 5) is 11.0. The number of allylic oxidation sites excluding steroid dienone is 1. The van der Waals surface area contributed by atoms with Gasteiger partial charge in [0.1, 0.15) is 17.8 Å². The average molecular weight is 266 g/mol. The van der Waals surface area contributed by atoms with Crippen molar-refractivity contribution in [1.29, 1.82) is 0 Å². The van der Waals surface area contributed by atoms with Gasteiger partial charge in [-0.3, -0.25) is 4.79 Å². The monoisotopic (exact) mass is 266 g/mol. The van der Waals surface area contributed by atoms with Crippen molar-refractivity contribution in [2.45, 2.75) is 13.8 Å². The van der Waals surface area contributed by atoms with Crippen molar-refractivity contribution in [2.24, 2.45) is 5.92 Å². The van der Waals surface area contributed by atoms with E-state index in [0.717, 1.165) is 28.9 Å². The van der Waals surface area contributed by atoms with Crippen LogP contribution in [0.3, 0.4) is 0 Å². The standard InChI is InChI=1S/C18H18O2/c1-14(2)16(13-19)11-15-7-6-10-18(12-15)20-17-8-4-3-5-9-17/h3-14H,1-2H3. The van der Waals surface area contributed by atoms with Crippen molar-refractivity contribution < 1.29 is 9.53 Å². The molecule has 0 radical (unpaired) electrons. The molecule has 2 nitrogen and oxygen atoms in total. The third-order valence-corrected chi connectivity index (χ3v) is 2.97. The molecule has 2 heteroatoms. The molecular formula is C18H18O2. The summed E-state index contributed by atoms with van der Waals surface area (Å²) in [5.41, 5.74) is 1.75. The minimum atomic E-state index is 0.214. The molecule has 2 aromatic rings. The summed E-state index contributed by atoms with van der Waals surface area (Å²) < 4.78 is 5.78. The van der Waals surface area contributed by atoms with Crippen molar-refractivity contribution in [2.75, 3.05) is 0 Å². The number of ether oxygens (including phenoxy) is 1. The van der Waals surface area contributed by atoms with Gasteiger partial charge in [0, 0.05) is 0 Å². The van der Waals surface area contributed by atoms with E-state index < -0.39 is 0 Å². The van der Waals surface area contributed by atoms with Crippen molar-refractivity contribution in [1.82, 2.24) is 0 Å². The van der Waals surface area contributed by atoms with Crippen LogP contribution in [-0.4, -0.2) is 6.29 Å². The summed E-state index contributed by atoms with van der Waals surface area (Å²) in [6.07, 6.45) is 2.81. The van der Waals surface area contributed by atoms with E-state index in [4.69, 9.17) is 4.74 Å². The van der Waals surface area contributed by atoms with Gasteiger partial charge in [0.15, 0.2) is 0 Å². The van der Waals surface area contributed by atoms with Gasteiger partial charge < -0.3 is 4.74 Å². The lowest BCUT2D eigenvalue weighted by atomic mass is 10.0. The smallest absolute Gasteiger partial charge is 0.146 e. The van der Waals surface area contributed by atoms with Gasteiger partial charge in [-0.25, -0.2) is 0 Å². The SMILES string of the molecule is CC(C)C(C=O)=Cc1cccc(Oc2ccccc2)c1. The summed E-state index contributed by atoms with van der Waals surface area (Å²) in [6, 6.07) is 17.4. The molecule has 0 bridgehead atoms. The zero-order valence-corrected chi connectivity index (χ0v) is 11.7. The highest BCUT2D eigenvalue weighted by molar-refractivity contribution is 5.82. The van der Waals surface area contributed by atoms with E-state index in [2.05, 4.69) is 0 Å². The first-order chi connectivity index (χ1) is 9.69. The second-order valence-corrected chi connectivity index (χ2v) is 4.90. The van der Waals surface area contributed by atoms with Crippen LogP contribution in [0.15, 0.2) is 60.2 Å². The number of aldehydes is 1. The Hall–Kier alpha value is -2.35. The van der Waals surface area contributed by atoms with Gasteiger partial charge in [0.2, 0.25) is 0 Å². The van der Waals surface area contributed by atoms with Crippen LogP contribution in [0.1, 0.15) is 19.4 Å². The largest absolute Gasteiger partial charge is 0.457 e. The van der Waals surface area contributed by atoms with Crippen LogP contribution in [0.5, 0.6) is 11.5 Å². The molecule has 20 heavy (non-hydrogen) atoms. The number of para-hydroxylation sites is 1. The fourth-order valence-corrected chi connectivity index (χ4v) is 1.82. The maximum Gasteiger partial charge on any atom is 0.146 e. The first-order valence-electron chi connectivity index (χ1n) is 6.69. The molecule has 0 fully saturated rings. The van der Waals surface area contributed by atoms with Crippen LogP contribution in [-0.2, 0) is 4.79 Å². The highest BCUT2D eigenvalue weighted by atomic mass is 16.5. The summed E-state index contributed by atoms with van der Waals surface area (Å²) in [5.74, 6) is 1.78. The highest BCUT2D eigenvalue weighted by Gasteiger charge is 2.03. The van der Waals surface area contributed by atoms with Gasteiger partial charge in [-0.05, 0) is 47.4 Å². The minimum Gasteiger partial charge on any atom is -0.457 e. The van der Waals surface area contributed by atoms with Crippen LogP contribution in [0, 0.1) is 5.92 Å². The Bertz CT molecular complexity index is 598. The Morgan fingerprint density at radius 2 is 1.70 bits per heavy atom. The molecule has 0 aromatic heterocycles. The number of hydrogen-bond acceptors (Lipinski definition) is 2. The van der Waals surface area contributed by atoms with E-state index >= 15 is 0 Å². The Morgan fingerprint density at radius 3 is 2.35 bits per heavy atom. The molecule has 0 aliphatic heterocycles. The van der Waals surface area contributed by atoms with Gasteiger partial charge in [0.05, 0.1) is 0 Å². The number of carbonyl (C=O) groups is 1. The van der Waals surface area contributed by atoms with Crippen molar-refractivity contribution >= 4 is 12.4 Å². The summed E-state index contributed by atoms with van der Waals surface area (Å²) in [7, 11) is 0. The molecule has 0 heterocycles. The molecule has 0 saturated carbocycles. The van der Waals surface area contributed by atoms with Crippen LogP contribution in [0.25, 0.3) is 6.08 Å².